The van der Waals surface area contributed by atoms with Crippen molar-refractivity contribution in [1.82, 2.24) is 0 Å². The highest BCUT2D eigenvalue weighted by Gasteiger charge is 2.07. The Bertz CT molecular complexity index is 51.7. The molecule has 1 nitrogen and oxygen atoms in total. The van der Waals surface area contributed by atoms with E-state index in [1.807, 2.05) is 0 Å². The monoisotopic (exact) mass is 132 g/mol. The van der Waals surface area contributed by atoms with Gasteiger partial charge >= 0.3 is 0 Å². The van der Waals surface area contributed by atoms with Crippen molar-refractivity contribution in [2.24, 2.45) is 5.92 Å². The topological polar surface area (TPSA) is 9.23 Å². The van der Waals surface area contributed by atoms with Crippen molar-refractivity contribution < 1.29 is 4.43 Å². The van der Waals surface area contributed by atoms with Crippen molar-refractivity contribution in [3.63, 3.8) is 0 Å². The van der Waals surface area contributed by atoms with Gasteiger partial charge in [0, 0.05) is 15.6 Å². The molecule has 0 saturated carbocycles. The fraction of sp³-hybridized carbons (Fsp3) is 1.00. The predicted octanol–water partition coefficient (Wildman–Crippen LogP) is -0.761. The predicted molar refractivity (Wildman–Crippen MR) is 37.0 cm³/mol. The van der Waals surface area contributed by atoms with Gasteiger partial charge in [-0.25, -0.2) is 0 Å². The molecule has 7 heavy (non-hydrogen) atoms. The summed E-state index contributed by atoms with van der Waals surface area (Å²) in [4.78, 5) is 0. The van der Waals surface area contributed by atoms with Crippen molar-refractivity contribution in [1.29, 1.82) is 0 Å². The zero-order chi connectivity index (χ0) is 5.11. The molecule has 0 aromatic carbocycles. The third kappa shape index (κ3) is 1.75. The van der Waals surface area contributed by atoms with Gasteiger partial charge in [-0.3, -0.25) is 0 Å². The molecule has 0 aliphatic carbocycles. The van der Waals surface area contributed by atoms with Crippen molar-refractivity contribution in [2.45, 2.75) is 13.0 Å². The summed E-state index contributed by atoms with van der Waals surface area (Å²) in [6.45, 7) is 3.37. The van der Waals surface area contributed by atoms with Crippen LogP contribution in [0.3, 0.4) is 0 Å². The van der Waals surface area contributed by atoms with E-state index in [-0.39, 0.29) is 9.28 Å². The number of rotatable bonds is 0. The molecule has 0 aromatic rings. The second-order valence-corrected chi connectivity index (χ2v) is 7.77. The molecular weight excluding hydrogens is 120 g/mol. The van der Waals surface area contributed by atoms with Crippen molar-refractivity contribution >= 4 is 18.3 Å². The van der Waals surface area contributed by atoms with Crippen LogP contribution in [0.15, 0.2) is 0 Å². The van der Waals surface area contributed by atoms with Crippen molar-refractivity contribution in [2.75, 3.05) is 6.61 Å². The van der Waals surface area contributed by atoms with Crippen molar-refractivity contribution in [3.05, 3.63) is 0 Å². The second-order valence-electron chi connectivity index (χ2n) is 2.32. The maximum Gasteiger partial charge on any atom is 0.143 e. The normalized spacial score (nSPS) is 39.9. The summed E-state index contributed by atoms with van der Waals surface area (Å²) in [6.07, 6.45) is 0. The highest BCUT2D eigenvalue weighted by molar-refractivity contribution is 6.97. The van der Waals surface area contributed by atoms with E-state index in [1.165, 1.54) is 0 Å². The lowest BCUT2D eigenvalue weighted by Gasteiger charge is -2.16. The number of hydrogen-bond acceptors (Lipinski definition) is 1. The zero-order valence-electron chi connectivity index (χ0n) is 4.81. The average molecular weight is 132 g/mol. The molecule has 1 fully saturated rings. The summed E-state index contributed by atoms with van der Waals surface area (Å²) in [5.41, 5.74) is 0. The molecule has 1 atom stereocenters. The standard InChI is InChI=1S/C4H12OSi2/c1-4-2-5-7-6-3-4/h4H,2-3,6-7H2,1H3. The molecule has 0 radical (unpaired) electrons. The van der Waals surface area contributed by atoms with Gasteiger partial charge in [-0.05, 0) is 5.92 Å². The van der Waals surface area contributed by atoms with Crippen LogP contribution >= 0.6 is 0 Å². The molecule has 42 valence electrons. The van der Waals surface area contributed by atoms with Gasteiger partial charge in [-0.2, -0.15) is 0 Å². The molecule has 1 aliphatic heterocycles. The van der Waals surface area contributed by atoms with Gasteiger partial charge in [0.25, 0.3) is 0 Å². The molecule has 1 heterocycles. The smallest absolute Gasteiger partial charge is 0.143 e. The third-order valence-corrected chi connectivity index (χ3v) is 6.55. The van der Waals surface area contributed by atoms with E-state index in [0.29, 0.717) is 9.04 Å². The Labute approximate surface area is 49.0 Å². The first kappa shape index (κ1) is 5.53. The quantitative estimate of drug-likeness (QED) is 0.394. The van der Waals surface area contributed by atoms with E-state index in [1.54, 1.807) is 6.04 Å². The Balaban J connectivity index is 2.12. The molecule has 0 N–H and O–H groups in total. The largest absolute Gasteiger partial charge is 0.428 e. The molecule has 1 saturated heterocycles. The van der Waals surface area contributed by atoms with E-state index < -0.39 is 0 Å². The van der Waals surface area contributed by atoms with Crippen LogP contribution < -0.4 is 0 Å². The average Bonchev–Trinajstić information content (AvgIpc) is 1.69. The van der Waals surface area contributed by atoms with Gasteiger partial charge in [-0.1, -0.05) is 13.0 Å². The first-order chi connectivity index (χ1) is 3.39. The Morgan fingerprint density at radius 1 is 1.71 bits per heavy atom. The third-order valence-electron chi connectivity index (χ3n) is 1.39. The SMILES string of the molecule is CC1CO[SiH2][SiH2]C1. The minimum atomic E-state index is 0.116. The van der Waals surface area contributed by atoms with E-state index >= 15 is 0 Å². The summed E-state index contributed by atoms with van der Waals surface area (Å²) >= 11 is 0. The van der Waals surface area contributed by atoms with Crippen LogP contribution in [0, 0.1) is 5.92 Å². The lowest BCUT2D eigenvalue weighted by Crippen LogP contribution is -2.22. The van der Waals surface area contributed by atoms with Crippen LogP contribution in [-0.4, -0.2) is 24.9 Å². The Hall–Kier alpha value is 0.394. The summed E-state index contributed by atoms with van der Waals surface area (Å²) in [6, 6.07) is 1.56. The van der Waals surface area contributed by atoms with Gasteiger partial charge in [0.1, 0.15) is 9.28 Å². The van der Waals surface area contributed by atoms with Crippen LogP contribution in [-0.2, 0) is 4.43 Å². The Kier molecular flexibility index (Phi) is 2.09. The molecule has 1 rings (SSSR count). The summed E-state index contributed by atoms with van der Waals surface area (Å²) < 4.78 is 5.38. The van der Waals surface area contributed by atoms with Crippen LogP contribution in [0.2, 0.25) is 6.04 Å². The first-order valence-corrected chi connectivity index (χ1v) is 8.55. The number of hydrogen-bond donors (Lipinski definition) is 0. The minimum absolute atomic E-state index is 0.116. The Morgan fingerprint density at radius 3 is 2.86 bits per heavy atom. The first-order valence-electron chi connectivity index (χ1n) is 2.97. The van der Waals surface area contributed by atoms with Gasteiger partial charge in [0.15, 0.2) is 0 Å². The van der Waals surface area contributed by atoms with Crippen LogP contribution in [0.5, 0.6) is 0 Å². The summed E-state index contributed by atoms with van der Waals surface area (Å²) in [5.74, 6) is 0.910. The molecule has 0 aromatic heterocycles. The fourth-order valence-corrected chi connectivity index (χ4v) is 6.41. The van der Waals surface area contributed by atoms with E-state index in [9.17, 15) is 0 Å². The minimum Gasteiger partial charge on any atom is -0.428 e. The van der Waals surface area contributed by atoms with Gasteiger partial charge in [-0.15, -0.1) is 0 Å². The molecule has 1 unspecified atom stereocenters. The van der Waals surface area contributed by atoms with E-state index in [0.717, 1.165) is 12.5 Å². The molecule has 3 heteroatoms. The van der Waals surface area contributed by atoms with Crippen molar-refractivity contribution in [3.8, 4) is 0 Å². The van der Waals surface area contributed by atoms with Gasteiger partial charge in [0.2, 0.25) is 0 Å². The molecule has 0 bridgehead atoms. The molecule has 0 spiro atoms. The maximum absolute atomic E-state index is 5.38. The van der Waals surface area contributed by atoms with Gasteiger partial charge in [0.05, 0.1) is 0 Å². The molecular formula is C4H12OSi2. The molecule has 1 aliphatic rings. The van der Waals surface area contributed by atoms with Gasteiger partial charge < -0.3 is 4.43 Å². The van der Waals surface area contributed by atoms with E-state index in [4.69, 9.17) is 4.43 Å². The summed E-state index contributed by atoms with van der Waals surface area (Å²) in [7, 11) is 0.493. The fourth-order valence-electron chi connectivity index (χ4n) is 0.902. The Morgan fingerprint density at radius 2 is 2.57 bits per heavy atom. The lowest BCUT2D eigenvalue weighted by molar-refractivity contribution is 0.283. The highest BCUT2D eigenvalue weighted by Crippen LogP contribution is 2.05. The summed E-state index contributed by atoms with van der Waals surface area (Å²) in [5, 5.41) is 0. The highest BCUT2D eigenvalue weighted by atomic mass is 29.2. The maximum atomic E-state index is 5.38. The second kappa shape index (κ2) is 2.64. The van der Waals surface area contributed by atoms with Crippen LogP contribution in [0.25, 0.3) is 0 Å². The molecule has 0 amide bonds. The van der Waals surface area contributed by atoms with E-state index in [2.05, 4.69) is 6.92 Å². The van der Waals surface area contributed by atoms with Crippen LogP contribution in [0.1, 0.15) is 6.92 Å². The zero-order valence-corrected chi connectivity index (χ0v) is 7.64. The van der Waals surface area contributed by atoms with Crippen LogP contribution in [0.4, 0.5) is 0 Å². The lowest BCUT2D eigenvalue weighted by atomic mass is 10.2.